The number of carbonyl (C=O) groups is 1. The fraction of sp³-hybridized carbons (Fsp3) is 0.529. The topological polar surface area (TPSA) is 47.9 Å². The molecule has 1 aromatic carbocycles. The quantitative estimate of drug-likeness (QED) is 0.372. The molecule has 0 spiro atoms. The minimum Gasteiger partial charge on any atom is -0.466 e. The molecule has 21 heavy (non-hydrogen) atoms. The zero-order chi connectivity index (χ0) is 15.3. The predicted octanol–water partition coefficient (Wildman–Crippen LogP) is 3.95. The molecule has 1 aromatic rings. The van der Waals surface area contributed by atoms with Crippen molar-refractivity contribution in [1.82, 2.24) is 0 Å². The zero-order valence-corrected chi connectivity index (χ0v) is 13.0. The Labute approximate surface area is 127 Å². The smallest absolute Gasteiger partial charge is 0.306 e. The third-order valence-electron chi connectivity index (χ3n) is 3.08. The van der Waals surface area contributed by atoms with Gasteiger partial charge in [-0.25, -0.2) is 0 Å². The minimum absolute atomic E-state index is 0.0831. The second kappa shape index (κ2) is 10.9. The second-order valence-electron chi connectivity index (χ2n) is 4.92. The van der Waals surface area contributed by atoms with Crippen LogP contribution >= 0.6 is 0 Å². The molecule has 0 aromatic heterocycles. The van der Waals surface area contributed by atoms with E-state index in [9.17, 15) is 4.79 Å². The van der Waals surface area contributed by atoms with E-state index >= 15 is 0 Å². The third-order valence-corrected chi connectivity index (χ3v) is 3.08. The van der Waals surface area contributed by atoms with Gasteiger partial charge in [-0.15, -0.1) is 0 Å². The molecule has 0 radical (unpaired) electrons. The number of nitrogens with zero attached hydrogens (tertiary/aromatic N) is 1. The van der Waals surface area contributed by atoms with Crippen molar-refractivity contribution in [1.29, 1.82) is 0 Å². The molecule has 0 saturated heterocycles. The fourth-order valence-corrected chi connectivity index (χ4v) is 1.94. The number of benzene rings is 1. The van der Waals surface area contributed by atoms with E-state index in [1.807, 2.05) is 37.3 Å². The van der Waals surface area contributed by atoms with Crippen LogP contribution in [0.15, 0.2) is 35.5 Å². The molecular formula is C17H25NO3. The molecule has 0 fully saturated rings. The summed E-state index contributed by atoms with van der Waals surface area (Å²) in [6.07, 6.45) is 5.18. The van der Waals surface area contributed by atoms with Crippen molar-refractivity contribution in [3.05, 3.63) is 35.9 Å². The SMILES string of the molecule is CCCCC(C=NOCc1ccccc1)CC(=O)OCC. The van der Waals surface area contributed by atoms with Crippen LogP contribution in [0.3, 0.4) is 0 Å². The van der Waals surface area contributed by atoms with Crippen LogP contribution in [0.25, 0.3) is 0 Å². The number of esters is 1. The van der Waals surface area contributed by atoms with Crippen LogP contribution < -0.4 is 0 Å². The average molecular weight is 291 g/mol. The van der Waals surface area contributed by atoms with Gasteiger partial charge in [-0.3, -0.25) is 4.79 Å². The van der Waals surface area contributed by atoms with Gasteiger partial charge in [-0.2, -0.15) is 0 Å². The molecule has 116 valence electrons. The number of unbranched alkanes of at least 4 members (excludes halogenated alkanes) is 1. The molecule has 1 atom stereocenters. The summed E-state index contributed by atoms with van der Waals surface area (Å²) in [4.78, 5) is 16.8. The highest BCUT2D eigenvalue weighted by Gasteiger charge is 2.12. The van der Waals surface area contributed by atoms with Gasteiger partial charge in [0.25, 0.3) is 0 Å². The van der Waals surface area contributed by atoms with Crippen molar-refractivity contribution in [3.8, 4) is 0 Å². The van der Waals surface area contributed by atoms with Crippen molar-refractivity contribution < 1.29 is 14.4 Å². The van der Waals surface area contributed by atoms with Gasteiger partial charge in [0, 0.05) is 12.1 Å². The molecule has 0 aliphatic carbocycles. The molecule has 0 saturated carbocycles. The van der Waals surface area contributed by atoms with Gasteiger partial charge in [0.15, 0.2) is 0 Å². The Balaban J connectivity index is 2.39. The fourth-order valence-electron chi connectivity index (χ4n) is 1.94. The summed E-state index contributed by atoms with van der Waals surface area (Å²) in [5.74, 6) is -0.0899. The predicted molar refractivity (Wildman–Crippen MR) is 84.0 cm³/mol. The van der Waals surface area contributed by atoms with E-state index in [4.69, 9.17) is 9.57 Å². The molecule has 1 unspecified atom stereocenters. The van der Waals surface area contributed by atoms with E-state index in [0.717, 1.165) is 24.8 Å². The number of oxime groups is 1. The van der Waals surface area contributed by atoms with Crippen molar-refractivity contribution in [2.24, 2.45) is 11.1 Å². The lowest BCUT2D eigenvalue weighted by Crippen LogP contribution is -2.13. The molecule has 1 rings (SSSR count). The van der Waals surface area contributed by atoms with Crippen molar-refractivity contribution in [3.63, 3.8) is 0 Å². The van der Waals surface area contributed by atoms with Crippen LogP contribution in [-0.2, 0) is 21.0 Å². The third kappa shape index (κ3) is 8.12. The first kappa shape index (κ1) is 17.2. The molecule has 0 heterocycles. The second-order valence-corrected chi connectivity index (χ2v) is 4.92. The van der Waals surface area contributed by atoms with Crippen LogP contribution in [0, 0.1) is 5.92 Å². The maximum atomic E-state index is 11.5. The van der Waals surface area contributed by atoms with Gasteiger partial charge in [-0.1, -0.05) is 55.3 Å². The summed E-state index contributed by atoms with van der Waals surface area (Å²) in [5, 5.41) is 4.00. The first-order chi connectivity index (χ1) is 10.3. The van der Waals surface area contributed by atoms with E-state index in [2.05, 4.69) is 12.1 Å². The standard InChI is InChI=1S/C17H25NO3/c1-3-5-9-16(12-17(19)20-4-2)13-18-21-14-15-10-7-6-8-11-15/h6-8,10-11,13,16H,3-5,9,12,14H2,1-2H3. The molecule has 4 heteroatoms. The van der Waals surface area contributed by atoms with Gasteiger partial charge in [0.2, 0.25) is 0 Å². The van der Waals surface area contributed by atoms with Crippen molar-refractivity contribution >= 4 is 12.2 Å². The lowest BCUT2D eigenvalue weighted by Gasteiger charge is -2.10. The van der Waals surface area contributed by atoms with Crippen LogP contribution in [0.1, 0.15) is 45.1 Å². The van der Waals surface area contributed by atoms with Crippen LogP contribution in [0.2, 0.25) is 0 Å². The Kier molecular flexibility index (Phi) is 8.93. The van der Waals surface area contributed by atoms with Gasteiger partial charge in [0.05, 0.1) is 13.0 Å². The van der Waals surface area contributed by atoms with Crippen molar-refractivity contribution in [2.75, 3.05) is 6.61 Å². The van der Waals surface area contributed by atoms with E-state index < -0.39 is 0 Å². The van der Waals surface area contributed by atoms with Crippen LogP contribution in [-0.4, -0.2) is 18.8 Å². The molecule has 0 bridgehead atoms. The molecule has 0 aliphatic rings. The Morgan fingerprint density at radius 1 is 1.29 bits per heavy atom. The van der Waals surface area contributed by atoms with E-state index in [0.29, 0.717) is 19.6 Å². The monoisotopic (exact) mass is 291 g/mol. The van der Waals surface area contributed by atoms with E-state index in [1.54, 1.807) is 6.21 Å². The number of hydrogen-bond donors (Lipinski definition) is 0. The Morgan fingerprint density at radius 3 is 2.71 bits per heavy atom. The Hall–Kier alpha value is -1.84. The maximum Gasteiger partial charge on any atom is 0.306 e. The summed E-state index contributed by atoms with van der Waals surface area (Å²) in [6, 6.07) is 9.87. The van der Waals surface area contributed by atoms with Crippen molar-refractivity contribution in [2.45, 2.75) is 46.1 Å². The van der Waals surface area contributed by atoms with Gasteiger partial charge < -0.3 is 9.57 Å². The summed E-state index contributed by atoms with van der Waals surface area (Å²) in [7, 11) is 0. The first-order valence-electron chi connectivity index (χ1n) is 7.61. The average Bonchev–Trinajstić information content (AvgIpc) is 2.50. The maximum absolute atomic E-state index is 11.5. The minimum atomic E-state index is -0.173. The number of ether oxygens (including phenoxy) is 1. The van der Waals surface area contributed by atoms with E-state index in [1.165, 1.54) is 0 Å². The normalized spacial score (nSPS) is 12.3. The molecular weight excluding hydrogens is 266 g/mol. The highest BCUT2D eigenvalue weighted by Crippen LogP contribution is 2.12. The number of rotatable bonds is 10. The Morgan fingerprint density at radius 2 is 2.05 bits per heavy atom. The number of carbonyl (C=O) groups excluding carboxylic acids is 1. The molecule has 0 amide bonds. The zero-order valence-electron chi connectivity index (χ0n) is 13.0. The van der Waals surface area contributed by atoms with Gasteiger partial charge >= 0.3 is 5.97 Å². The lowest BCUT2D eigenvalue weighted by molar-refractivity contribution is -0.143. The number of hydrogen-bond acceptors (Lipinski definition) is 4. The summed E-state index contributed by atoms with van der Waals surface area (Å²) in [5.41, 5.74) is 1.07. The molecule has 4 nitrogen and oxygen atoms in total. The van der Waals surface area contributed by atoms with Gasteiger partial charge in [-0.05, 0) is 18.9 Å². The summed E-state index contributed by atoms with van der Waals surface area (Å²) in [6.45, 7) is 4.80. The Bertz CT molecular complexity index is 417. The highest BCUT2D eigenvalue weighted by molar-refractivity contribution is 5.74. The summed E-state index contributed by atoms with van der Waals surface area (Å²) < 4.78 is 4.99. The van der Waals surface area contributed by atoms with Crippen LogP contribution in [0.4, 0.5) is 0 Å². The molecule has 0 aliphatic heterocycles. The first-order valence-corrected chi connectivity index (χ1v) is 7.61. The van der Waals surface area contributed by atoms with Gasteiger partial charge in [0.1, 0.15) is 6.61 Å². The largest absolute Gasteiger partial charge is 0.466 e. The lowest BCUT2D eigenvalue weighted by atomic mass is 10.00. The van der Waals surface area contributed by atoms with Crippen LogP contribution in [0.5, 0.6) is 0 Å². The molecule has 0 N–H and O–H groups in total. The summed E-state index contributed by atoms with van der Waals surface area (Å²) >= 11 is 0. The van der Waals surface area contributed by atoms with E-state index in [-0.39, 0.29) is 11.9 Å². The highest BCUT2D eigenvalue weighted by atomic mass is 16.6.